The van der Waals surface area contributed by atoms with E-state index < -0.39 is 42.0 Å². The highest BCUT2D eigenvalue weighted by atomic mass is 127. The third-order valence-corrected chi connectivity index (χ3v) is 2.65. The molecule has 0 unspecified atom stereocenters. The zero-order chi connectivity index (χ0) is 16.4. The molecule has 0 saturated heterocycles. The number of nitro groups is 1. The summed E-state index contributed by atoms with van der Waals surface area (Å²) in [5, 5.41) is 12.0. The van der Waals surface area contributed by atoms with Crippen molar-refractivity contribution in [2.24, 2.45) is 0 Å². The monoisotopic (exact) mass is 428 g/mol. The predicted octanol–water partition coefficient (Wildman–Crippen LogP) is 1.71. The van der Waals surface area contributed by atoms with Crippen LogP contribution in [0, 0.1) is 13.8 Å². The summed E-state index contributed by atoms with van der Waals surface area (Å²) in [5.74, 6) is -7.05. The lowest BCUT2D eigenvalue weighted by molar-refractivity contribution is -0.396. The SMILES string of the molecule is O=C(Cn1cc(I)nc1[N+](=O)[O-])NCC(F)(F)C(F)(F)F. The van der Waals surface area contributed by atoms with Crippen LogP contribution in [0.15, 0.2) is 6.20 Å². The minimum atomic E-state index is -5.79. The van der Waals surface area contributed by atoms with E-state index in [0.29, 0.717) is 0 Å². The first-order valence-electron chi connectivity index (χ1n) is 5.02. The van der Waals surface area contributed by atoms with Crippen LogP contribution in [0.25, 0.3) is 0 Å². The second-order valence-corrected chi connectivity index (χ2v) is 4.83. The molecule has 1 amide bonds. The molecule has 0 aliphatic heterocycles. The Balaban J connectivity index is 2.69. The molecule has 1 heterocycles. The van der Waals surface area contributed by atoms with Crippen LogP contribution in [-0.2, 0) is 11.3 Å². The fraction of sp³-hybridized carbons (Fsp3) is 0.500. The van der Waals surface area contributed by atoms with Crippen LogP contribution >= 0.6 is 22.6 Å². The molecular weight excluding hydrogens is 422 g/mol. The molecule has 0 aromatic carbocycles. The zero-order valence-electron chi connectivity index (χ0n) is 9.83. The quantitative estimate of drug-likeness (QED) is 0.335. The number of hydrogen-bond donors (Lipinski definition) is 1. The molecule has 0 radical (unpaired) electrons. The molecule has 0 saturated carbocycles. The maximum absolute atomic E-state index is 12.6. The molecule has 118 valence electrons. The van der Waals surface area contributed by atoms with Crippen molar-refractivity contribution >= 4 is 34.4 Å². The van der Waals surface area contributed by atoms with E-state index in [1.54, 1.807) is 22.6 Å². The number of halogens is 6. The Hall–Kier alpha value is -1.54. The molecule has 7 nitrogen and oxygen atoms in total. The van der Waals surface area contributed by atoms with Crippen LogP contribution in [0.5, 0.6) is 0 Å². The lowest BCUT2D eigenvalue weighted by atomic mass is 10.3. The highest BCUT2D eigenvalue weighted by Gasteiger charge is 2.57. The van der Waals surface area contributed by atoms with Crippen LogP contribution in [0.3, 0.4) is 0 Å². The first-order chi connectivity index (χ1) is 9.44. The molecule has 13 heteroatoms. The van der Waals surface area contributed by atoms with E-state index >= 15 is 0 Å². The van der Waals surface area contributed by atoms with Crippen LogP contribution in [0.4, 0.5) is 27.9 Å². The first-order valence-corrected chi connectivity index (χ1v) is 6.10. The fourth-order valence-corrected chi connectivity index (χ4v) is 1.71. The van der Waals surface area contributed by atoms with Crippen molar-refractivity contribution in [1.29, 1.82) is 0 Å². The molecule has 0 aliphatic carbocycles. The Bertz CT molecular complexity index is 559. The van der Waals surface area contributed by atoms with Crippen LogP contribution < -0.4 is 5.32 Å². The van der Waals surface area contributed by atoms with E-state index in [0.717, 1.165) is 10.8 Å². The topological polar surface area (TPSA) is 90.1 Å². The minimum Gasteiger partial charge on any atom is -0.390 e. The minimum absolute atomic E-state index is 0.160. The number of amides is 1. The molecule has 0 fully saturated rings. The van der Waals surface area contributed by atoms with Crippen molar-refractivity contribution in [1.82, 2.24) is 14.9 Å². The largest absolute Gasteiger partial charge is 0.455 e. The van der Waals surface area contributed by atoms with Crippen molar-refractivity contribution < 1.29 is 31.7 Å². The third-order valence-electron chi connectivity index (χ3n) is 2.13. The molecule has 0 bridgehead atoms. The summed E-state index contributed by atoms with van der Waals surface area (Å²) >= 11 is 1.61. The van der Waals surface area contributed by atoms with E-state index in [-0.39, 0.29) is 3.70 Å². The Labute approximate surface area is 126 Å². The van der Waals surface area contributed by atoms with Crippen molar-refractivity contribution in [3.8, 4) is 0 Å². The third kappa shape index (κ3) is 4.47. The van der Waals surface area contributed by atoms with Gasteiger partial charge in [-0.2, -0.15) is 22.0 Å². The van der Waals surface area contributed by atoms with Crippen molar-refractivity contribution in [3.05, 3.63) is 20.0 Å². The Morgan fingerprint density at radius 1 is 1.43 bits per heavy atom. The number of imidazole rings is 1. The number of carbonyl (C=O) groups is 1. The van der Waals surface area contributed by atoms with E-state index in [9.17, 15) is 36.9 Å². The van der Waals surface area contributed by atoms with Gasteiger partial charge in [-0.1, -0.05) is 4.98 Å². The number of aromatic nitrogens is 2. The Kier molecular flexibility index (Phi) is 5.06. The maximum atomic E-state index is 12.6. The van der Waals surface area contributed by atoms with E-state index in [1.165, 1.54) is 5.32 Å². The van der Waals surface area contributed by atoms with Crippen LogP contribution in [0.2, 0.25) is 0 Å². The summed E-state index contributed by atoms with van der Waals surface area (Å²) in [6.07, 6.45) is -4.71. The predicted molar refractivity (Wildman–Crippen MR) is 65.6 cm³/mol. The smallest absolute Gasteiger partial charge is 0.390 e. The second-order valence-electron chi connectivity index (χ2n) is 3.73. The highest BCUT2D eigenvalue weighted by molar-refractivity contribution is 14.1. The van der Waals surface area contributed by atoms with Gasteiger partial charge in [0.15, 0.2) is 6.54 Å². The van der Waals surface area contributed by atoms with Gasteiger partial charge in [0.25, 0.3) is 5.91 Å². The summed E-state index contributed by atoms with van der Waals surface area (Å²) in [6, 6.07) is 0. The normalized spacial score (nSPS) is 12.3. The number of hydrogen-bond acceptors (Lipinski definition) is 4. The van der Waals surface area contributed by atoms with E-state index in [4.69, 9.17) is 0 Å². The summed E-state index contributed by atoms with van der Waals surface area (Å²) in [5.41, 5.74) is 0. The molecule has 0 spiro atoms. The molecule has 1 aromatic heterocycles. The number of alkyl halides is 5. The van der Waals surface area contributed by atoms with Crippen LogP contribution in [0.1, 0.15) is 0 Å². The van der Waals surface area contributed by atoms with Gasteiger partial charge in [-0.25, -0.2) is 4.57 Å². The van der Waals surface area contributed by atoms with Crippen LogP contribution in [-0.4, -0.2) is 39.0 Å². The Morgan fingerprint density at radius 2 is 2.00 bits per heavy atom. The summed E-state index contributed by atoms with van der Waals surface area (Å²) in [7, 11) is 0. The Morgan fingerprint density at radius 3 is 2.48 bits per heavy atom. The maximum Gasteiger partial charge on any atom is 0.455 e. The number of rotatable bonds is 5. The van der Waals surface area contributed by atoms with E-state index in [2.05, 4.69) is 4.98 Å². The van der Waals surface area contributed by atoms with Gasteiger partial charge in [-0.15, -0.1) is 0 Å². The second kappa shape index (κ2) is 6.07. The van der Waals surface area contributed by atoms with Gasteiger partial charge in [0.1, 0.15) is 6.20 Å². The number of nitrogens with one attached hydrogen (secondary N) is 1. The summed E-state index contributed by atoms with van der Waals surface area (Å²) in [4.78, 5) is 24.4. The van der Waals surface area contributed by atoms with Crippen molar-refractivity contribution in [2.75, 3.05) is 6.54 Å². The van der Waals surface area contributed by atoms with Gasteiger partial charge in [-0.05, 0) is 4.92 Å². The molecule has 0 aliphatic rings. The fourth-order valence-electron chi connectivity index (χ4n) is 1.16. The first kappa shape index (κ1) is 17.5. The summed E-state index contributed by atoms with van der Waals surface area (Å²) in [6.45, 7) is -2.75. The van der Waals surface area contributed by atoms with Gasteiger partial charge in [-0.3, -0.25) is 4.79 Å². The lowest BCUT2D eigenvalue weighted by Gasteiger charge is -2.19. The highest BCUT2D eigenvalue weighted by Crippen LogP contribution is 2.34. The average molecular weight is 428 g/mol. The van der Waals surface area contributed by atoms with Gasteiger partial charge in [0.05, 0.1) is 6.54 Å². The van der Waals surface area contributed by atoms with E-state index in [1.807, 2.05) is 0 Å². The molecule has 21 heavy (non-hydrogen) atoms. The van der Waals surface area contributed by atoms with Gasteiger partial charge in [0, 0.05) is 22.6 Å². The molecular formula is C8H6F5IN4O3. The van der Waals surface area contributed by atoms with Gasteiger partial charge in [0.2, 0.25) is 3.70 Å². The molecule has 0 atom stereocenters. The average Bonchev–Trinajstić information content (AvgIpc) is 2.66. The lowest BCUT2D eigenvalue weighted by Crippen LogP contribution is -2.47. The van der Waals surface area contributed by atoms with Crippen molar-refractivity contribution in [2.45, 2.75) is 18.6 Å². The van der Waals surface area contributed by atoms with Gasteiger partial charge < -0.3 is 15.4 Å². The van der Waals surface area contributed by atoms with Crippen molar-refractivity contribution in [3.63, 3.8) is 0 Å². The van der Waals surface area contributed by atoms with Gasteiger partial charge >= 0.3 is 18.0 Å². The number of carbonyl (C=O) groups excluding carboxylic acids is 1. The summed E-state index contributed by atoms with van der Waals surface area (Å²) < 4.78 is 61.7. The zero-order valence-corrected chi connectivity index (χ0v) is 12.0. The molecule has 1 N–H and O–H groups in total. The standard InChI is InChI=1S/C8H6F5IN4O3/c9-7(10,8(11,12)13)3-15-5(19)2-17-1-4(14)16-6(17)18(20)21/h1H,2-3H2,(H,15,19). The number of nitrogens with zero attached hydrogens (tertiary/aromatic N) is 3. The molecule has 1 rings (SSSR count). The molecule has 1 aromatic rings.